The zero-order valence-corrected chi connectivity index (χ0v) is 13.6. The Kier molecular flexibility index (Phi) is 4.97. The number of carbonyl (C=O) groups excluding carboxylic acids is 4. The van der Waals surface area contributed by atoms with Gasteiger partial charge in [-0.3, -0.25) is 19.7 Å². The number of amides is 5. The highest BCUT2D eigenvalue weighted by atomic mass is 16.2. The number of nitrogens with one attached hydrogen (secondary N) is 4. The molecule has 1 saturated carbocycles. The SMILES string of the molecule is O=C(CC[C@H]1NC(=O)NC1=O)NCc1ccc(NC(=O)C2CC2)cc1. The molecule has 0 spiro atoms. The van der Waals surface area contributed by atoms with Crippen LogP contribution in [0.1, 0.15) is 31.2 Å². The van der Waals surface area contributed by atoms with E-state index >= 15 is 0 Å². The van der Waals surface area contributed by atoms with E-state index in [1.54, 1.807) is 12.1 Å². The summed E-state index contributed by atoms with van der Waals surface area (Å²) in [5, 5.41) is 10.2. The van der Waals surface area contributed by atoms with Crippen molar-refractivity contribution in [2.75, 3.05) is 5.32 Å². The minimum atomic E-state index is -0.646. The third kappa shape index (κ3) is 4.79. The molecule has 1 atom stereocenters. The van der Waals surface area contributed by atoms with Crippen LogP contribution >= 0.6 is 0 Å². The molecule has 25 heavy (non-hydrogen) atoms. The van der Waals surface area contributed by atoms with Gasteiger partial charge in [-0.2, -0.15) is 0 Å². The summed E-state index contributed by atoms with van der Waals surface area (Å²) in [7, 11) is 0. The maximum Gasteiger partial charge on any atom is 0.322 e. The number of rotatable bonds is 7. The van der Waals surface area contributed by atoms with Crippen LogP contribution in [0.5, 0.6) is 0 Å². The van der Waals surface area contributed by atoms with Crippen molar-refractivity contribution in [3.8, 4) is 0 Å². The fourth-order valence-electron chi connectivity index (χ4n) is 2.52. The molecule has 1 saturated heterocycles. The van der Waals surface area contributed by atoms with Crippen LogP contribution in [0, 0.1) is 5.92 Å². The van der Waals surface area contributed by atoms with E-state index in [0.717, 1.165) is 24.1 Å². The summed E-state index contributed by atoms with van der Waals surface area (Å²) in [6, 6.07) is 6.12. The van der Waals surface area contributed by atoms with Crippen molar-refractivity contribution < 1.29 is 19.2 Å². The molecule has 4 N–H and O–H groups in total. The van der Waals surface area contributed by atoms with Gasteiger partial charge in [0.05, 0.1) is 0 Å². The lowest BCUT2D eigenvalue weighted by Crippen LogP contribution is -2.31. The van der Waals surface area contributed by atoms with Gasteiger partial charge in [0.2, 0.25) is 11.8 Å². The molecule has 0 bridgehead atoms. The van der Waals surface area contributed by atoms with Gasteiger partial charge < -0.3 is 16.0 Å². The molecule has 0 aromatic heterocycles. The predicted octanol–water partition coefficient (Wildman–Crippen LogP) is 0.640. The summed E-state index contributed by atoms with van der Waals surface area (Å²) in [6.07, 6.45) is 2.33. The molecule has 1 aliphatic heterocycles. The smallest absolute Gasteiger partial charge is 0.322 e. The molecule has 1 aromatic carbocycles. The lowest BCUT2D eigenvalue weighted by Gasteiger charge is -2.09. The van der Waals surface area contributed by atoms with Gasteiger partial charge in [-0.1, -0.05) is 12.1 Å². The number of carbonyl (C=O) groups is 4. The normalized spacial score (nSPS) is 19.1. The highest BCUT2D eigenvalue weighted by molar-refractivity contribution is 6.04. The van der Waals surface area contributed by atoms with E-state index in [2.05, 4.69) is 21.3 Å². The van der Waals surface area contributed by atoms with E-state index in [9.17, 15) is 19.2 Å². The first-order chi connectivity index (χ1) is 12.0. The van der Waals surface area contributed by atoms with Gasteiger partial charge in [0.25, 0.3) is 5.91 Å². The van der Waals surface area contributed by atoms with Crippen molar-refractivity contribution in [1.82, 2.24) is 16.0 Å². The van der Waals surface area contributed by atoms with Gasteiger partial charge in [-0.25, -0.2) is 4.79 Å². The molecule has 8 heteroatoms. The fourth-order valence-corrected chi connectivity index (χ4v) is 2.52. The molecule has 132 valence electrons. The second-order valence-electron chi connectivity index (χ2n) is 6.29. The first-order valence-corrected chi connectivity index (χ1v) is 8.29. The number of benzene rings is 1. The van der Waals surface area contributed by atoms with E-state index in [-0.39, 0.29) is 30.6 Å². The summed E-state index contributed by atoms with van der Waals surface area (Å²) in [5.74, 6) is -0.378. The van der Waals surface area contributed by atoms with Crippen molar-refractivity contribution >= 4 is 29.4 Å². The van der Waals surface area contributed by atoms with Crippen molar-refractivity contribution in [2.45, 2.75) is 38.3 Å². The minimum Gasteiger partial charge on any atom is -0.352 e. The van der Waals surface area contributed by atoms with E-state index < -0.39 is 18.0 Å². The third-order valence-electron chi connectivity index (χ3n) is 4.18. The number of hydrogen-bond acceptors (Lipinski definition) is 4. The summed E-state index contributed by atoms with van der Waals surface area (Å²) < 4.78 is 0. The molecule has 1 aromatic rings. The molecule has 3 rings (SSSR count). The van der Waals surface area contributed by atoms with Crippen molar-refractivity contribution in [3.05, 3.63) is 29.8 Å². The Morgan fingerprint density at radius 1 is 1.12 bits per heavy atom. The van der Waals surface area contributed by atoms with Gasteiger partial charge in [-0.15, -0.1) is 0 Å². The Morgan fingerprint density at radius 3 is 2.44 bits per heavy atom. The highest BCUT2D eigenvalue weighted by Gasteiger charge is 2.30. The topological polar surface area (TPSA) is 116 Å². The van der Waals surface area contributed by atoms with Crippen molar-refractivity contribution in [2.24, 2.45) is 5.92 Å². The summed E-state index contributed by atoms with van der Waals surface area (Å²) in [4.78, 5) is 45.9. The minimum absolute atomic E-state index is 0.0593. The molecule has 2 aliphatic rings. The summed E-state index contributed by atoms with van der Waals surface area (Å²) >= 11 is 0. The average Bonchev–Trinajstić information content (AvgIpc) is 3.38. The van der Waals surface area contributed by atoms with E-state index in [1.807, 2.05) is 12.1 Å². The first-order valence-electron chi connectivity index (χ1n) is 8.29. The average molecular weight is 344 g/mol. The van der Waals surface area contributed by atoms with Crippen LogP contribution in [-0.2, 0) is 20.9 Å². The molecular formula is C17H20N4O4. The summed E-state index contributed by atoms with van der Waals surface area (Å²) in [6.45, 7) is 0.360. The van der Waals surface area contributed by atoms with Gasteiger partial charge >= 0.3 is 6.03 Å². The molecule has 1 heterocycles. The van der Waals surface area contributed by atoms with Crippen LogP contribution in [-0.4, -0.2) is 29.8 Å². The number of hydrogen-bond donors (Lipinski definition) is 4. The number of urea groups is 1. The molecule has 2 fully saturated rings. The van der Waals surface area contributed by atoms with E-state index in [0.29, 0.717) is 6.54 Å². The molecule has 5 amide bonds. The van der Waals surface area contributed by atoms with Crippen LogP contribution in [0.3, 0.4) is 0 Å². The Labute approximate surface area is 144 Å². The molecule has 8 nitrogen and oxygen atoms in total. The standard InChI is InChI=1S/C17H20N4O4/c22-14(8-7-13-16(24)21-17(25)20-13)18-9-10-1-5-12(6-2-10)19-15(23)11-3-4-11/h1-2,5-6,11,13H,3-4,7-9H2,(H,18,22)(H,19,23)(H2,20,21,24,25)/t13-/m1/s1. The monoisotopic (exact) mass is 344 g/mol. The van der Waals surface area contributed by atoms with Gasteiger partial charge in [-0.05, 0) is 37.0 Å². The van der Waals surface area contributed by atoms with E-state index in [1.165, 1.54) is 0 Å². The Hall–Kier alpha value is -2.90. The van der Waals surface area contributed by atoms with Crippen LogP contribution in [0.15, 0.2) is 24.3 Å². The lowest BCUT2D eigenvalue weighted by atomic mass is 10.1. The van der Waals surface area contributed by atoms with E-state index in [4.69, 9.17) is 0 Å². The highest BCUT2D eigenvalue weighted by Crippen LogP contribution is 2.30. The Morgan fingerprint density at radius 2 is 1.84 bits per heavy atom. The van der Waals surface area contributed by atoms with Crippen LogP contribution < -0.4 is 21.3 Å². The van der Waals surface area contributed by atoms with Gasteiger partial charge in [0.15, 0.2) is 0 Å². The Bertz CT molecular complexity index is 697. The zero-order valence-electron chi connectivity index (χ0n) is 13.6. The molecule has 1 aliphatic carbocycles. The quantitative estimate of drug-likeness (QED) is 0.543. The fraction of sp³-hybridized carbons (Fsp3) is 0.412. The van der Waals surface area contributed by atoms with Gasteiger partial charge in [0.1, 0.15) is 6.04 Å². The van der Waals surface area contributed by atoms with Gasteiger partial charge in [0, 0.05) is 24.6 Å². The summed E-state index contributed by atoms with van der Waals surface area (Å²) in [5.41, 5.74) is 1.65. The zero-order chi connectivity index (χ0) is 17.8. The van der Waals surface area contributed by atoms with Crippen molar-refractivity contribution in [1.29, 1.82) is 0 Å². The second-order valence-corrected chi connectivity index (χ2v) is 6.29. The number of imide groups is 1. The molecule has 0 radical (unpaired) electrons. The lowest BCUT2D eigenvalue weighted by molar-refractivity contribution is -0.122. The third-order valence-corrected chi connectivity index (χ3v) is 4.18. The molecule has 0 unspecified atom stereocenters. The molecular weight excluding hydrogens is 324 g/mol. The van der Waals surface area contributed by atoms with Crippen LogP contribution in [0.4, 0.5) is 10.5 Å². The first kappa shape index (κ1) is 16.9. The van der Waals surface area contributed by atoms with Crippen LogP contribution in [0.2, 0.25) is 0 Å². The maximum absolute atomic E-state index is 11.8. The predicted molar refractivity (Wildman–Crippen MR) is 89.3 cm³/mol. The van der Waals surface area contributed by atoms with Crippen molar-refractivity contribution in [3.63, 3.8) is 0 Å². The largest absolute Gasteiger partial charge is 0.352 e. The van der Waals surface area contributed by atoms with Crippen LogP contribution in [0.25, 0.3) is 0 Å². The second kappa shape index (κ2) is 7.33. The maximum atomic E-state index is 11.8. The Balaban J connectivity index is 1.38. The number of anilines is 1.